The van der Waals surface area contributed by atoms with Gasteiger partial charge in [0.1, 0.15) is 6.04 Å². The molecule has 6 heteroatoms. The van der Waals surface area contributed by atoms with Crippen LogP contribution in [-0.2, 0) is 9.59 Å². The van der Waals surface area contributed by atoms with Crippen molar-refractivity contribution in [3.63, 3.8) is 0 Å². The summed E-state index contributed by atoms with van der Waals surface area (Å²) in [7, 11) is 1.78. The van der Waals surface area contributed by atoms with Crippen LogP contribution < -0.4 is 4.90 Å². The van der Waals surface area contributed by atoms with Crippen LogP contribution >= 0.6 is 15.9 Å². The number of amides is 1. The molecule has 1 aromatic rings. The van der Waals surface area contributed by atoms with Gasteiger partial charge in [0.15, 0.2) is 0 Å². The van der Waals surface area contributed by atoms with Crippen molar-refractivity contribution in [3.8, 4) is 0 Å². The van der Waals surface area contributed by atoms with Crippen molar-refractivity contribution >= 4 is 33.5 Å². The average Bonchev–Trinajstić information content (AvgIpc) is 2.36. The van der Waals surface area contributed by atoms with E-state index in [1.165, 1.54) is 0 Å². The van der Waals surface area contributed by atoms with Crippen LogP contribution in [0.5, 0.6) is 0 Å². The van der Waals surface area contributed by atoms with Crippen LogP contribution in [0.15, 0.2) is 28.7 Å². The first-order valence-electron chi connectivity index (χ1n) is 5.98. The normalized spacial score (nSPS) is 20.6. The van der Waals surface area contributed by atoms with E-state index in [0.717, 1.165) is 10.2 Å². The second-order valence-corrected chi connectivity index (χ2v) is 5.39. The Morgan fingerprint density at radius 1 is 1.42 bits per heavy atom. The van der Waals surface area contributed by atoms with Gasteiger partial charge in [-0.05, 0) is 35.1 Å². The van der Waals surface area contributed by atoms with E-state index in [0.29, 0.717) is 13.1 Å². The number of hydrogen-bond donors (Lipinski definition) is 1. The fourth-order valence-corrected chi connectivity index (χ4v) is 2.71. The molecular weight excluding hydrogens is 312 g/mol. The topological polar surface area (TPSA) is 60.9 Å². The lowest BCUT2D eigenvalue weighted by molar-refractivity contribution is -0.141. The number of likely N-dealkylation sites (N-methyl/N-ethyl adjacent to an activating group) is 1. The molecule has 1 saturated heterocycles. The molecule has 0 bridgehead atoms. The molecule has 0 aromatic heterocycles. The van der Waals surface area contributed by atoms with Gasteiger partial charge in [-0.15, -0.1) is 0 Å². The Labute approximate surface area is 119 Å². The van der Waals surface area contributed by atoms with Gasteiger partial charge in [-0.25, -0.2) is 0 Å². The number of para-hydroxylation sites is 1. The minimum absolute atomic E-state index is 0.164. The highest BCUT2D eigenvalue weighted by molar-refractivity contribution is 9.10. The van der Waals surface area contributed by atoms with Gasteiger partial charge >= 0.3 is 5.97 Å². The van der Waals surface area contributed by atoms with E-state index in [2.05, 4.69) is 15.9 Å². The molecule has 0 spiro atoms. The minimum atomic E-state index is -0.959. The standard InChI is InChI=1S/C13H15BrN2O3/c1-15-6-7-16(10-5-3-2-4-9(10)14)13(19)11(15)8-12(17)18/h2-5,11H,6-8H2,1H3,(H,17,18). The molecule has 1 atom stereocenters. The summed E-state index contributed by atoms with van der Waals surface area (Å²) < 4.78 is 0.835. The van der Waals surface area contributed by atoms with Crippen molar-refractivity contribution in [3.05, 3.63) is 28.7 Å². The minimum Gasteiger partial charge on any atom is -0.481 e. The second-order valence-electron chi connectivity index (χ2n) is 4.54. The lowest BCUT2D eigenvalue weighted by atomic mass is 10.1. The molecule has 1 aliphatic heterocycles. The van der Waals surface area contributed by atoms with E-state index in [-0.39, 0.29) is 12.3 Å². The SMILES string of the molecule is CN1CCN(c2ccccc2Br)C(=O)C1CC(=O)O. The van der Waals surface area contributed by atoms with E-state index in [9.17, 15) is 9.59 Å². The number of anilines is 1. The maximum absolute atomic E-state index is 12.4. The second kappa shape index (κ2) is 5.71. The molecule has 1 N–H and O–H groups in total. The van der Waals surface area contributed by atoms with Crippen molar-refractivity contribution in [1.29, 1.82) is 0 Å². The number of benzene rings is 1. The van der Waals surface area contributed by atoms with Gasteiger partial charge in [0.2, 0.25) is 5.91 Å². The Hall–Kier alpha value is -1.40. The van der Waals surface area contributed by atoms with Crippen LogP contribution in [0.25, 0.3) is 0 Å². The Morgan fingerprint density at radius 2 is 2.11 bits per heavy atom. The average molecular weight is 327 g/mol. The summed E-state index contributed by atoms with van der Waals surface area (Å²) in [5, 5.41) is 8.91. The fourth-order valence-electron chi connectivity index (χ4n) is 2.21. The molecule has 102 valence electrons. The quantitative estimate of drug-likeness (QED) is 0.916. The Bertz CT molecular complexity index is 506. The number of hydrogen-bond acceptors (Lipinski definition) is 3. The predicted octanol–water partition coefficient (Wildman–Crippen LogP) is 1.57. The molecule has 19 heavy (non-hydrogen) atoms. The number of carboxylic acid groups (broad SMARTS) is 1. The lowest BCUT2D eigenvalue weighted by Gasteiger charge is -2.38. The molecule has 1 amide bonds. The number of carbonyl (C=O) groups excluding carboxylic acids is 1. The number of halogens is 1. The van der Waals surface area contributed by atoms with Gasteiger partial charge in [0, 0.05) is 17.6 Å². The molecular formula is C13H15BrN2O3. The van der Waals surface area contributed by atoms with Crippen LogP contribution in [0.2, 0.25) is 0 Å². The maximum atomic E-state index is 12.4. The van der Waals surface area contributed by atoms with Crippen LogP contribution in [-0.4, -0.2) is 48.1 Å². The van der Waals surface area contributed by atoms with Crippen molar-refractivity contribution in [2.75, 3.05) is 25.0 Å². The predicted molar refractivity (Wildman–Crippen MR) is 75.2 cm³/mol. The summed E-state index contributed by atoms with van der Waals surface area (Å²) >= 11 is 3.42. The zero-order valence-corrected chi connectivity index (χ0v) is 12.1. The van der Waals surface area contributed by atoms with Gasteiger partial charge in [0.25, 0.3) is 0 Å². The summed E-state index contributed by atoms with van der Waals surface area (Å²) in [6.07, 6.45) is -0.170. The lowest BCUT2D eigenvalue weighted by Crippen LogP contribution is -2.56. The van der Waals surface area contributed by atoms with Gasteiger partial charge in [-0.1, -0.05) is 12.1 Å². The zero-order valence-electron chi connectivity index (χ0n) is 10.5. The molecule has 0 saturated carbocycles. The van der Waals surface area contributed by atoms with E-state index in [4.69, 9.17) is 5.11 Å². The monoisotopic (exact) mass is 326 g/mol. The van der Waals surface area contributed by atoms with Crippen molar-refractivity contribution in [2.24, 2.45) is 0 Å². The first kappa shape index (κ1) is 14.0. The summed E-state index contributed by atoms with van der Waals surface area (Å²) in [5.74, 6) is -1.12. The molecule has 2 rings (SSSR count). The van der Waals surface area contributed by atoms with Gasteiger partial charge in [-0.3, -0.25) is 14.5 Å². The third-order valence-corrected chi connectivity index (χ3v) is 3.94. The highest BCUT2D eigenvalue weighted by atomic mass is 79.9. The summed E-state index contributed by atoms with van der Waals surface area (Å²) in [4.78, 5) is 26.7. The Morgan fingerprint density at radius 3 is 2.74 bits per heavy atom. The summed E-state index contributed by atoms with van der Waals surface area (Å²) in [6, 6.07) is 6.86. The number of piperazine rings is 1. The van der Waals surface area contributed by atoms with E-state index >= 15 is 0 Å². The Balaban J connectivity index is 2.26. The highest BCUT2D eigenvalue weighted by Crippen LogP contribution is 2.28. The van der Waals surface area contributed by atoms with E-state index in [1.807, 2.05) is 24.3 Å². The van der Waals surface area contributed by atoms with Crippen LogP contribution in [0.4, 0.5) is 5.69 Å². The van der Waals surface area contributed by atoms with Gasteiger partial charge in [0.05, 0.1) is 12.1 Å². The number of carbonyl (C=O) groups is 2. The number of rotatable bonds is 3. The van der Waals surface area contributed by atoms with Crippen molar-refractivity contribution in [1.82, 2.24) is 4.90 Å². The first-order valence-corrected chi connectivity index (χ1v) is 6.78. The highest BCUT2D eigenvalue weighted by Gasteiger charge is 2.35. The molecule has 1 unspecified atom stereocenters. The van der Waals surface area contributed by atoms with E-state index < -0.39 is 12.0 Å². The first-order chi connectivity index (χ1) is 9.00. The molecule has 0 aliphatic carbocycles. The van der Waals surface area contributed by atoms with Crippen molar-refractivity contribution in [2.45, 2.75) is 12.5 Å². The van der Waals surface area contributed by atoms with Crippen LogP contribution in [0.3, 0.4) is 0 Å². The third-order valence-electron chi connectivity index (χ3n) is 3.27. The molecule has 1 aromatic carbocycles. The van der Waals surface area contributed by atoms with Gasteiger partial charge in [-0.2, -0.15) is 0 Å². The zero-order chi connectivity index (χ0) is 14.0. The molecule has 0 radical (unpaired) electrons. The van der Waals surface area contributed by atoms with Crippen LogP contribution in [0.1, 0.15) is 6.42 Å². The summed E-state index contributed by atoms with van der Waals surface area (Å²) in [6.45, 7) is 1.22. The number of carboxylic acids is 1. The largest absolute Gasteiger partial charge is 0.481 e. The number of nitrogens with zero attached hydrogens (tertiary/aromatic N) is 2. The van der Waals surface area contributed by atoms with Gasteiger partial charge < -0.3 is 10.0 Å². The fraction of sp³-hybridized carbons (Fsp3) is 0.385. The number of aliphatic carboxylic acids is 1. The molecule has 1 aliphatic rings. The van der Waals surface area contributed by atoms with Crippen LogP contribution in [0, 0.1) is 0 Å². The Kier molecular flexibility index (Phi) is 4.21. The summed E-state index contributed by atoms with van der Waals surface area (Å²) in [5.41, 5.74) is 0.788. The van der Waals surface area contributed by atoms with E-state index in [1.54, 1.807) is 16.8 Å². The molecule has 5 nitrogen and oxygen atoms in total. The maximum Gasteiger partial charge on any atom is 0.305 e. The van der Waals surface area contributed by atoms with Crippen molar-refractivity contribution < 1.29 is 14.7 Å². The smallest absolute Gasteiger partial charge is 0.305 e. The molecule has 1 heterocycles. The third kappa shape index (κ3) is 2.96. The molecule has 1 fully saturated rings.